The van der Waals surface area contributed by atoms with Gasteiger partial charge >= 0.3 is 0 Å². The average molecular weight is 279 g/mol. The minimum Gasteiger partial charge on any atom is -0.373 e. The maximum Gasteiger partial charge on any atom is 0.241 e. The van der Waals surface area contributed by atoms with Crippen LogP contribution < -0.4 is 0 Å². The Bertz CT molecular complexity index is 536. The summed E-state index contributed by atoms with van der Waals surface area (Å²) in [6.07, 6.45) is 0. The molecule has 0 aromatic carbocycles. The molecule has 2 aromatic rings. The molecule has 19 heavy (non-hydrogen) atoms. The fraction of sp³-hybridized carbons (Fsp3) is 0.538. The van der Waals surface area contributed by atoms with Gasteiger partial charge in [-0.1, -0.05) is 5.16 Å². The Labute approximate surface area is 116 Å². The summed E-state index contributed by atoms with van der Waals surface area (Å²) in [6, 6.07) is 2.00. The fourth-order valence-electron chi connectivity index (χ4n) is 2.27. The van der Waals surface area contributed by atoms with Crippen molar-refractivity contribution in [2.75, 3.05) is 19.7 Å². The Morgan fingerprint density at radius 3 is 3.11 bits per heavy atom. The van der Waals surface area contributed by atoms with Crippen LogP contribution in [0.4, 0.5) is 0 Å². The summed E-state index contributed by atoms with van der Waals surface area (Å²) < 4.78 is 11.0. The third-order valence-corrected chi connectivity index (χ3v) is 3.79. The summed E-state index contributed by atoms with van der Waals surface area (Å²) in [5.41, 5.74) is 0.913. The van der Waals surface area contributed by atoms with Gasteiger partial charge in [-0.2, -0.15) is 16.3 Å². The number of thiophene rings is 1. The first-order valence-electron chi connectivity index (χ1n) is 6.34. The van der Waals surface area contributed by atoms with Crippen LogP contribution in [0.15, 0.2) is 21.3 Å². The van der Waals surface area contributed by atoms with E-state index in [1.807, 2.05) is 16.8 Å². The Morgan fingerprint density at radius 2 is 2.37 bits per heavy atom. The highest BCUT2D eigenvalue weighted by molar-refractivity contribution is 7.08. The van der Waals surface area contributed by atoms with Crippen molar-refractivity contribution in [1.29, 1.82) is 0 Å². The normalized spacial score (nSPS) is 19.7. The number of hydrogen-bond acceptors (Lipinski definition) is 6. The van der Waals surface area contributed by atoms with Gasteiger partial charge in [-0.05, 0) is 25.3 Å². The topological polar surface area (TPSA) is 51.4 Å². The highest BCUT2D eigenvalue weighted by Crippen LogP contribution is 2.21. The van der Waals surface area contributed by atoms with Gasteiger partial charge in [0, 0.05) is 24.0 Å². The van der Waals surface area contributed by atoms with Crippen molar-refractivity contribution >= 4 is 11.3 Å². The van der Waals surface area contributed by atoms with Gasteiger partial charge in [-0.15, -0.1) is 0 Å². The molecule has 6 heteroatoms. The smallest absolute Gasteiger partial charge is 0.241 e. The lowest BCUT2D eigenvalue weighted by Gasteiger charge is -2.37. The van der Waals surface area contributed by atoms with Crippen molar-refractivity contribution in [2.24, 2.45) is 0 Å². The quantitative estimate of drug-likeness (QED) is 0.863. The van der Waals surface area contributed by atoms with Crippen molar-refractivity contribution < 1.29 is 9.26 Å². The van der Waals surface area contributed by atoms with E-state index in [0.29, 0.717) is 18.3 Å². The highest BCUT2D eigenvalue weighted by Gasteiger charge is 2.28. The lowest BCUT2D eigenvalue weighted by molar-refractivity contribution is -0.0900. The molecule has 5 nitrogen and oxygen atoms in total. The van der Waals surface area contributed by atoms with Gasteiger partial charge in [0.05, 0.1) is 18.8 Å². The average Bonchev–Trinajstić information content (AvgIpc) is 2.96. The van der Waals surface area contributed by atoms with E-state index in [-0.39, 0.29) is 5.60 Å². The zero-order valence-electron chi connectivity index (χ0n) is 11.1. The standard InChI is InChI=1S/C13H17N3O2S/c1-13(2)9-16(4-5-17-13)7-11-14-12(15-18-11)10-3-6-19-8-10/h3,6,8H,4-5,7,9H2,1-2H3. The molecule has 3 heterocycles. The molecule has 102 valence electrons. The van der Waals surface area contributed by atoms with Crippen LogP contribution in [0, 0.1) is 0 Å². The first kappa shape index (κ1) is 12.8. The Hall–Kier alpha value is -1.24. The molecule has 0 N–H and O–H groups in total. The molecule has 0 radical (unpaired) electrons. The van der Waals surface area contributed by atoms with Crippen molar-refractivity contribution in [3.05, 3.63) is 22.7 Å². The minimum atomic E-state index is -0.103. The molecule has 1 saturated heterocycles. The lowest BCUT2D eigenvalue weighted by atomic mass is 10.1. The maximum atomic E-state index is 5.69. The van der Waals surface area contributed by atoms with E-state index in [2.05, 4.69) is 28.9 Å². The van der Waals surface area contributed by atoms with Crippen LogP contribution in [0.2, 0.25) is 0 Å². The minimum absolute atomic E-state index is 0.103. The Morgan fingerprint density at radius 1 is 1.47 bits per heavy atom. The van der Waals surface area contributed by atoms with Gasteiger partial charge in [0.2, 0.25) is 11.7 Å². The Kier molecular flexibility index (Phi) is 3.38. The zero-order valence-corrected chi connectivity index (χ0v) is 11.9. The van der Waals surface area contributed by atoms with E-state index in [0.717, 1.165) is 25.3 Å². The number of ether oxygens (including phenoxy) is 1. The van der Waals surface area contributed by atoms with Gasteiger partial charge in [-0.3, -0.25) is 4.90 Å². The van der Waals surface area contributed by atoms with Crippen LogP contribution in [-0.2, 0) is 11.3 Å². The van der Waals surface area contributed by atoms with Gasteiger partial charge in [0.15, 0.2) is 0 Å². The van der Waals surface area contributed by atoms with Gasteiger partial charge in [-0.25, -0.2) is 0 Å². The van der Waals surface area contributed by atoms with Crippen LogP contribution >= 0.6 is 11.3 Å². The van der Waals surface area contributed by atoms with Crippen molar-refractivity contribution in [2.45, 2.75) is 26.0 Å². The van der Waals surface area contributed by atoms with Gasteiger partial charge < -0.3 is 9.26 Å². The fourth-order valence-corrected chi connectivity index (χ4v) is 2.90. The predicted molar refractivity (Wildman–Crippen MR) is 72.9 cm³/mol. The number of rotatable bonds is 3. The third-order valence-electron chi connectivity index (χ3n) is 3.11. The van der Waals surface area contributed by atoms with Crippen molar-refractivity contribution in [3.8, 4) is 11.4 Å². The summed E-state index contributed by atoms with van der Waals surface area (Å²) in [5, 5.41) is 8.05. The molecule has 0 saturated carbocycles. The molecule has 0 atom stereocenters. The van der Waals surface area contributed by atoms with Crippen molar-refractivity contribution in [3.63, 3.8) is 0 Å². The summed E-state index contributed by atoms with van der Waals surface area (Å²) in [5.74, 6) is 1.34. The molecule has 0 amide bonds. The molecule has 0 spiro atoms. The second-order valence-corrected chi connectivity index (χ2v) is 6.12. The third kappa shape index (κ3) is 3.02. The number of hydrogen-bond donors (Lipinski definition) is 0. The SMILES string of the molecule is CC1(C)CN(Cc2nc(-c3ccsc3)no2)CCO1. The molecular formula is C13H17N3O2S. The van der Waals surface area contributed by atoms with Crippen LogP contribution in [-0.4, -0.2) is 40.3 Å². The van der Waals surface area contributed by atoms with Crippen LogP contribution in [0.3, 0.4) is 0 Å². The number of nitrogens with zero attached hydrogens (tertiary/aromatic N) is 3. The lowest BCUT2D eigenvalue weighted by Crippen LogP contribution is -2.47. The van der Waals surface area contributed by atoms with E-state index in [9.17, 15) is 0 Å². The van der Waals surface area contributed by atoms with Crippen LogP contribution in [0.25, 0.3) is 11.4 Å². The van der Waals surface area contributed by atoms with Gasteiger partial charge in [0.25, 0.3) is 0 Å². The van der Waals surface area contributed by atoms with Crippen LogP contribution in [0.5, 0.6) is 0 Å². The molecule has 3 rings (SSSR count). The maximum absolute atomic E-state index is 5.69. The first-order valence-corrected chi connectivity index (χ1v) is 7.28. The van der Waals surface area contributed by atoms with Crippen molar-refractivity contribution in [1.82, 2.24) is 15.0 Å². The highest BCUT2D eigenvalue weighted by atomic mass is 32.1. The monoisotopic (exact) mass is 279 g/mol. The molecule has 1 aliphatic heterocycles. The predicted octanol–water partition coefficient (Wildman–Crippen LogP) is 2.41. The zero-order chi connectivity index (χ0) is 13.3. The van der Waals surface area contributed by atoms with Gasteiger partial charge in [0.1, 0.15) is 0 Å². The molecular weight excluding hydrogens is 262 g/mol. The summed E-state index contributed by atoms with van der Waals surface area (Å²) >= 11 is 1.63. The molecule has 0 unspecified atom stereocenters. The molecule has 1 fully saturated rings. The van der Waals surface area contributed by atoms with E-state index < -0.39 is 0 Å². The molecule has 1 aliphatic rings. The molecule has 0 bridgehead atoms. The number of aromatic nitrogens is 2. The first-order chi connectivity index (χ1) is 9.12. The summed E-state index contributed by atoms with van der Waals surface area (Å²) in [4.78, 5) is 6.73. The Balaban J connectivity index is 1.67. The van der Waals surface area contributed by atoms with E-state index in [4.69, 9.17) is 9.26 Å². The molecule has 2 aromatic heterocycles. The van der Waals surface area contributed by atoms with E-state index in [1.165, 1.54) is 0 Å². The summed E-state index contributed by atoms with van der Waals surface area (Å²) in [7, 11) is 0. The van der Waals surface area contributed by atoms with Crippen LogP contribution in [0.1, 0.15) is 19.7 Å². The second-order valence-electron chi connectivity index (χ2n) is 5.34. The molecule has 0 aliphatic carbocycles. The second kappa shape index (κ2) is 5.03. The van der Waals surface area contributed by atoms with E-state index in [1.54, 1.807) is 11.3 Å². The summed E-state index contributed by atoms with van der Waals surface area (Å²) in [6.45, 7) is 7.42. The largest absolute Gasteiger partial charge is 0.373 e. The number of morpholine rings is 1. The van der Waals surface area contributed by atoms with E-state index >= 15 is 0 Å².